The topological polar surface area (TPSA) is 105 Å². The molecule has 0 amide bonds. The lowest BCUT2D eigenvalue weighted by Crippen LogP contribution is -2.44. The summed E-state index contributed by atoms with van der Waals surface area (Å²) in [5.74, 6) is 1.61. The quantitative estimate of drug-likeness (QED) is 0.547. The van der Waals surface area contributed by atoms with Gasteiger partial charge in [-0.05, 0) is 0 Å². The third-order valence-electron chi connectivity index (χ3n) is 2.80. The Kier molecular flexibility index (Phi) is 2.66. The molecule has 7 nitrogen and oxygen atoms in total. The maximum absolute atomic E-state index is 14.7. The minimum Gasteiger partial charge on any atom is -0.394 e. The molecule has 102 valence electrons. The largest absolute Gasteiger partial charge is 0.394 e. The molecule has 1 saturated heterocycles. The van der Waals surface area contributed by atoms with Gasteiger partial charge >= 0.3 is 5.69 Å². The number of nitrogens with one attached hydrogen (secondary N) is 1. The van der Waals surface area contributed by atoms with Crippen LogP contribution in [-0.2, 0) is 4.74 Å². The Morgan fingerprint density at radius 3 is 2.95 bits per heavy atom. The molecule has 4 atom stereocenters. The molecule has 3 N–H and O–H groups in total. The van der Waals surface area contributed by atoms with Crippen molar-refractivity contribution in [2.45, 2.75) is 24.1 Å². The third-order valence-corrected chi connectivity index (χ3v) is 2.80. The van der Waals surface area contributed by atoms with Crippen LogP contribution in [0.2, 0.25) is 0 Å². The summed E-state index contributed by atoms with van der Waals surface area (Å²) in [7, 11) is 0. The first-order chi connectivity index (χ1) is 9.61. The van der Waals surface area contributed by atoms with E-state index >= 15 is 0 Å². The molecule has 0 spiro atoms. The van der Waals surface area contributed by atoms with Crippen molar-refractivity contribution in [2.24, 2.45) is 0 Å². The molecule has 0 aromatic carbocycles. The third kappa shape index (κ3) is 1.98. The first-order valence-corrected chi connectivity index (χ1v) is 5.15. The fourth-order valence-electron chi connectivity index (χ4n) is 1.82. The molecule has 2 rings (SSSR count). The zero-order valence-electron chi connectivity index (χ0n) is 11.4. The van der Waals surface area contributed by atoms with Crippen molar-refractivity contribution in [3.8, 4) is 12.3 Å². The smallest absolute Gasteiger partial charge is 0.330 e. The van der Waals surface area contributed by atoms with E-state index in [0.717, 1.165) is 12.3 Å². The van der Waals surface area contributed by atoms with E-state index in [1.54, 1.807) is 5.92 Å². The Morgan fingerprint density at radius 2 is 2.42 bits per heavy atom. The number of aliphatic hydroxyl groups is 2. The number of rotatable bonds is 2. The Morgan fingerprint density at radius 1 is 1.74 bits per heavy atom. The maximum Gasteiger partial charge on any atom is 0.330 e. The van der Waals surface area contributed by atoms with Gasteiger partial charge in [0.05, 0.1) is 9.30 Å². The highest BCUT2D eigenvalue weighted by atomic mass is 19.1. The molecule has 1 aliphatic heterocycles. The normalized spacial score (nSPS) is 36.4. The lowest BCUT2D eigenvalue weighted by atomic mass is 9.97. The lowest BCUT2D eigenvalue weighted by molar-refractivity contribution is -0.0543. The maximum atomic E-state index is 14.7. The summed E-state index contributed by atoms with van der Waals surface area (Å²) in [5.41, 5.74) is -4.77. The van der Waals surface area contributed by atoms with Crippen LogP contribution in [0.15, 0.2) is 21.9 Å². The summed E-state index contributed by atoms with van der Waals surface area (Å²) in [6.45, 7) is -3.09. The van der Waals surface area contributed by atoms with Crippen LogP contribution in [0.4, 0.5) is 4.39 Å². The van der Waals surface area contributed by atoms with E-state index in [1.807, 2.05) is 4.98 Å². The van der Waals surface area contributed by atoms with Gasteiger partial charge in [0.2, 0.25) is 5.67 Å². The summed E-state index contributed by atoms with van der Waals surface area (Å²) in [4.78, 5) is 24.5. The van der Waals surface area contributed by atoms with Crippen LogP contribution in [-0.4, -0.2) is 44.2 Å². The standard InChI is InChI=1S/C11H11FN2O5/c1-2-11(12)8(17)6(5-15)19-9(11)14-4-3-7(16)13-10(14)18/h1,3-4,6,8-9,15,17H,5H2,(H,13,16,18)/t6-,8+,9-,11?/m1/s1/i5D2. The average Bonchev–Trinajstić information content (AvgIpc) is 2.63. The fraction of sp³-hybridized carbons (Fsp3) is 0.455. The van der Waals surface area contributed by atoms with Crippen LogP contribution in [0.3, 0.4) is 0 Å². The van der Waals surface area contributed by atoms with Crippen LogP contribution in [0.5, 0.6) is 0 Å². The molecule has 19 heavy (non-hydrogen) atoms. The van der Waals surface area contributed by atoms with Gasteiger partial charge in [0.1, 0.15) is 12.2 Å². The van der Waals surface area contributed by atoms with Crippen molar-refractivity contribution in [2.75, 3.05) is 6.56 Å². The number of H-pyrrole nitrogens is 1. The van der Waals surface area contributed by atoms with Crippen LogP contribution >= 0.6 is 0 Å². The number of terminal acetylenes is 1. The molecule has 0 bridgehead atoms. The van der Waals surface area contributed by atoms with E-state index in [2.05, 4.69) is 0 Å². The minimum atomic E-state index is -3.09. The number of nitrogens with zero attached hydrogens (tertiary/aromatic N) is 1. The summed E-state index contributed by atoms with van der Waals surface area (Å²) in [6.07, 6.45) is -0.233. The van der Waals surface area contributed by atoms with E-state index in [-0.39, 0.29) is 0 Å². The molecule has 0 saturated carbocycles. The van der Waals surface area contributed by atoms with Crippen molar-refractivity contribution in [3.63, 3.8) is 0 Å². The number of aliphatic hydroxyl groups excluding tert-OH is 1. The molecule has 1 fully saturated rings. The van der Waals surface area contributed by atoms with Gasteiger partial charge in [-0.2, -0.15) is 0 Å². The zero-order valence-corrected chi connectivity index (χ0v) is 9.41. The SMILES string of the molecule is [2H]C([2H])(O)[C@H]1O[C@@H](n2ccc(=O)[nH]c2=O)C(F)(C#C)[C@H]1O. The van der Waals surface area contributed by atoms with Crippen molar-refractivity contribution in [1.82, 2.24) is 9.55 Å². The predicted octanol–water partition coefficient (Wildman–Crippen LogP) is -1.87. The molecule has 1 unspecified atom stereocenters. The molecule has 0 aliphatic carbocycles. The predicted molar refractivity (Wildman–Crippen MR) is 61.0 cm³/mol. The number of aromatic amines is 1. The second-order valence-electron chi connectivity index (χ2n) is 3.91. The van der Waals surface area contributed by atoms with Crippen LogP contribution in [0, 0.1) is 12.3 Å². The number of hydrogen-bond acceptors (Lipinski definition) is 5. The van der Waals surface area contributed by atoms with Crippen molar-refractivity contribution in [1.29, 1.82) is 0 Å². The van der Waals surface area contributed by atoms with Crippen LogP contribution in [0.1, 0.15) is 8.97 Å². The second kappa shape index (κ2) is 4.62. The molecular formula is C11H11FN2O5. The highest BCUT2D eigenvalue weighted by Gasteiger charge is 2.57. The highest BCUT2D eigenvalue weighted by Crippen LogP contribution is 2.40. The Bertz CT molecular complexity index is 706. The minimum absolute atomic E-state index is 0.566. The number of aromatic nitrogens is 2. The molecule has 2 heterocycles. The zero-order chi connectivity index (χ0) is 16.0. The summed E-state index contributed by atoms with van der Waals surface area (Å²) >= 11 is 0. The number of alkyl halides is 1. The van der Waals surface area contributed by atoms with E-state index in [9.17, 15) is 24.2 Å². The second-order valence-corrected chi connectivity index (χ2v) is 3.91. The first-order valence-electron chi connectivity index (χ1n) is 6.15. The van der Waals surface area contributed by atoms with Gasteiger partial charge in [-0.3, -0.25) is 14.3 Å². The van der Waals surface area contributed by atoms with Gasteiger partial charge in [-0.25, -0.2) is 9.18 Å². The highest BCUT2D eigenvalue weighted by molar-refractivity contribution is 5.19. The Labute approximate surface area is 109 Å². The van der Waals surface area contributed by atoms with Gasteiger partial charge in [0.25, 0.3) is 5.56 Å². The average molecular weight is 272 g/mol. The number of halogens is 1. The fourth-order valence-corrected chi connectivity index (χ4v) is 1.82. The first kappa shape index (κ1) is 10.9. The van der Waals surface area contributed by atoms with E-state index in [0.29, 0.717) is 4.57 Å². The molecule has 8 heteroatoms. The van der Waals surface area contributed by atoms with Crippen molar-refractivity contribution < 1.29 is 22.1 Å². The van der Waals surface area contributed by atoms with Gasteiger partial charge in [-0.15, -0.1) is 6.42 Å². The Balaban J connectivity index is 2.55. The van der Waals surface area contributed by atoms with Crippen LogP contribution in [0.25, 0.3) is 0 Å². The number of hydrogen-bond donors (Lipinski definition) is 3. The monoisotopic (exact) mass is 272 g/mol. The van der Waals surface area contributed by atoms with E-state index < -0.39 is 41.9 Å². The van der Waals surface area contributed by atoms with Crippen molar-refractivity contribution in [3.05, 3.63) is 33.1 Å². The van der Waals surface area contributed by atoms with Gasteiger partial charge in [-0.1, -0.05) is 5.92 Å². The lowest BCUT2D eigenvalue weighted by Gasteiger charge is -2.23. The van der Waals surface area contributed by atoms with E-state index in [1.165, 1.54) is 0 Å². The molecule has 0 radical (unpaired) electrons. The summed E-state index contributed by atoms with van der Waals surface area (Å²) in [5, 5.41) is 19.1. The molecular weight excluding hydrogens is 259 g/mol. The van der Waals surface area contributed by atoms with Crippen molar-refractivity contribution >= 4 is 0 Å². The van der Waals surface area contributed by atoms with E-state index in [4.69, 9.17) is 13.9 Å². The van der Waals surface area contributed by atoms with Gasteiger partial charge in [0, 0.05) is 12.3 Å². The van der Waals surface area contributed by atoms with Crippen LogP contribution < -0.4 is 11.2 Å². The molecule has 1 aromatic rings. The van der Waals surface area contributed by atoms with Gasteiger partial charge in [0.15, 0.2) is 6.23 Å². The Hall–Kier alpha value is -1.95. The summed E-state index contributed by atoms with van der Waals surface area (Å²) in [6, 6.07) is 0.898. The molecule has 1 aliphatic rings. The summed E-state index contributed by atoms with van der Waals surface area (Å²) < 4.78 is 34.4. The van der Waals surface area contributed by atoms with Gasteiger partial charge < -0.3 is 14.9 Å². The number of ether oxygens (including phenoxy) is 1. The molecule has 1 aromatic heterocycles.